The zero-order valence-electron chi connectivity index (χ0n) is 16.1. The van der Waals surface area contributed by atoms with Crippen molar-refractivity contribution in [2.24, 2.45) is 0 Å². The van der Waals surface area contributed by atoms with E-state index in [0.29, 0.717) is 18.7 Å². The molecule has 2 atom stereocenters. The Morgan fingerprint density at radius 3 is 2.64 bits per heavy atom. The molecule has 0 radical (unpaired) electrons. The summed E-state index contributed by atoms with van der Waals surface area (Å²) in [4.78, 5) is 15.0. The molecule has 1 aromatic carbocycles. The highest BCUT2D eigenvalue weighted by molar-refractivity contribution is 9.10. The van der Waals surface area contributed by atoms with Crippen LogP contribution in [0, 0.1) is 5.82 Å². The minimum absolute atomic E-state index is 0.0416. The molecule has 0 spiro atoms. The van der Waals surface area contributed by atoms with Gasteiger partial charge in [0.15, 0.2) is 0 Å². The number of amides is 2. The van der Waals surface area contributed by atoms with Crippen LogP contribution in [0.15, 0.2) is 22.7 Å². The number of piperidine rings is 1. The Bertz CT molecular complexity index is 718. The van der Waals surface area contributed by atoms with Gasteiger partial charge in [0.05, 0.1) is 6.10 Å². The summed E-state index contributed by atoms with van der Waals surface area (Å²) < 4.78 is 15.9. The van der Waals surface area contributed by atoms with Gasteiger partial charge in [0.25, 0.3) is 0 Å². The van der Waals surface area contributed by atoms with E-state index in [1.165, 1.54) is 6.07 Å². The average molecular weight is 454 g/mol. The smallest absolute Gasteiger partial charge is 0.317 e. The minimum atomic E-state index is -0.434. The molecule has 2 heterocycles. The van der Waals surface area contributed by atoms with Gasteiger partial charge in [0.2, 0.25) is 0 Å². The second-order valence-corrected chi connectivity index (χ2v) is 9.38. The number of hydrogen-bond donors (Lipinski definition) is 3. The molecule has 2 saturated heterocycles. The predicted molar refractivity (Wildman–Crippen MR) is 110 cm³/mol. The number of urea groups is 1. The Balaban J connectivity index is 1.74. The van der Waals surface area contributed by atoms with Gasteiger partial charge in [0.1, 0.15) is 5.82 Å². The molecule has 3 aliphatic rings. The van der Waals surface area contributed by atoms with E-state index in [4.69, 9.17) is 0 Å². The van der Waals surface area contributed by atoms with E-state index < -0.39 is 5.41 Å². The van der Waals surface area contributed by atoms with Crippen molar-refractivity contribution in [3.8, 4) is 0 Å². The van der Waals surface area contributed by atoms with Gasteiger partial charge in [-0.2, -0.15) is 0 Å². The summed E-state index contributed by atoms with van der Waals surface area (Å²) >= 11 is 3.37. The number of carbonyl (C=O) groups is 1. The first-order valence-electron chi connectivity index (χ1n) is 10.4. The van der Waals surface area contributed by atoms with Crippen molar-refractivity contribution in [1.82, 2.24) is 15.5 Å². The maximum atomic E-state index is 15.1. The van der Waals surface area contributed by atoms with Crippen molar-refractivity contribution in [1.29, 1.82) is 0 Å². The molecule has 4 rings (SSSR count). The van der Waals surface area contributed by atoms with Crippen molar-refractivity contribution in [3.05, 3.63) is 34.1 Å². The molecule has 5 nitrogen and oxygen atoms in total. The lowest BCUT2D eigenvalue weighted by molar-refractivity contribution is 0.0277. The number of rotatable bonds is 3. The second kappa shape index (κ2) is 8.28. The van der Waals surface area contributed by atoms with Gasteiger partial charge in [-0.1, -0.05) is 22.0 Å². The van der Waals surface area contributed by atoms with Crippen LogP contribution in [0.4, 0.5) is 9.18 Å². The zero-order valence-corrected chi connectivity index (χ0v) is 17.7. The third-order valence-corrected chi connectivity index (χ3v) is 7.34. The number of nitrogens with zero attached hydrogens (tertiary/aromatic N) is 1. The maximum absolute atomic E-state index is 15.1. The molecule has 2 amide bonds. The van der Waals surface area contributed by atoms with Crippen molar-refractivity contribution in [2.75, 3.05) is 19.6 Å². The first-order chi connectivity index (χ1) is 13.5. The highest BCUT2D eigenvalue weighted by Gasteiger charge is 2.50. The third kappa shape index (κ3) is 3.68. The van der Waals surface area contributed by atoms with Crippen LogP contribution in [0.3, 0.4) is 0 Å². The molecule has 0 aromatic heterocycles. The number of hydrogen-bond acceptors (Lipinski definition) is 3. The van der Waals surface area contributed by atoms with E-state index >= 15 is 4.39 Å². The highest BCUT2D eigenvalue weighted by Crippen LogP contribution is 2.43. The fourth-order valence-electron chi connectivity index (χ4n) is 5.50. The van der Waals surface area contributed by atoms with E-state index in [0.717, 1.165) is 56.0 Å². The molecule has 1 aromatic rings. The lowest BCUT2D eigenvalue weighted by Crippen LogP contribution is -2.66. The quantitative estimate of drug-likeness (QED) is 0.657. The summed E-state index contributed by atoms with van der Waals surface area (Å²) in [5.41, 5.74) is 0.278. The van der Waals surface area contributed by atoms with E-state index in [1.807, 2.05) is 17.0 Å². The van der Waals surface area contributed by atoms with Crippen molar-refractivity contribution >= 4 is 22.0 Å². The van der Waals surface area contributed by atoms with Crippen LogP contribution >= 0.6 is 15.9 Å². The minimum Gasteiger partial charge on any atom is -0.393 e. The van der Waals surface area contributed by atoms with Crippen LogP contribution in [-0.4, -0.2) is 53.9 Å². The van der Waals surface area contributed by atoms with Gasteiger partial charge < -0.3 is 20.6 Å². The average Bonchev–Trinajstić information content (AvgIpc) is 2.69. The number of aliphatic hydroxyl groups excluding tert-OH is 1. The first-order valence-corrected chi connectivity index (χ1v) is 11.2. The fourth-order valence-corrected chi connectivity index (χ4v) is 5.84. The Kier molecular flexibility index (Phi) is 5.95. The monoisotopic (exact) mass is 453 g/mol. The van der Waals surface area contributed by atoms with Crippen LogP contribution in [-0.2, 0) is 5.41 Å². The Labute approximate surface area is 174 Å². The largest absolute Gasteiger partial charge is 0.393 e. The third-order valence-electron chi connectivity index (χ3n) is 6.85. The highest BCUT2D eigenvalue weighted by atomic mass is 79.9. The number of carbonyl (C=O) groups excluding carboxylic acids is 1. The summed E-state index contributed by atoms with van der Waals surface area (Å²) in [5, 5.41) is 16.4. The number of nitrogens with one attached hydrogen (secondary N) is 2. The van der Waals surface area contributed by atoms with E-state index in [2.05, 4.69) is 26.6 Å². The molecule has 1 unspecified atom stereocenters. The van der Waals surface area contributed by atoms with Crippen molar-refractivity contribution in [3.63, 3.8) is 0 Å². The summed E-state index contributed by atoms with van der Waals surface area (Å²) in [6.45, 7) is 2.22. The first kappa shape index (κ1) is 20.1. The van der Waals surface area contributed by atoms with Gasteiger partial charge in [-0.05, 0) is 69.2 Å². The van der Waals surface area contributed by atoms with Gasteiger partial charge in [0, 0.05) is 35.1 Å². The van der Waals surface area contributed by atoms with Crippen LogP contribution in [0.25, 0.3) is 0 Å². The van der Waals surface area contributed by atoms with E-state index in [9.17, 15) is 9.90 Å². The molecule has 28 heavy (non-hydrogen) atoms. The number of aliphatic hydroxyl groups is 1. The summed E-state index contributed by atoms with van der Waals surface area (Å²) in [5.74, 6) is -0.205. The van der Waals surface area contributed by atoms with Gasteiger partial charge in [-0.15, -0.1) is 0 Å². The Morgan fingerprint density at radius 2 is 1.96 bits per heavy atom. The molecule has 7 heteroatoms. The van der Waals surface area contributed by atoms with E-state index in [1.54, 1.807) is 0 Å². The van der Waals surface area contributed by atoms with Crippen molar-refractivity contribution < 1.29 is 14.3 Å². The molecule has 154 valence electrons. The lowest BCUT2D eigenvalue weighted by Gasteiger charge is -2.53. The Morgan fingerprint density at radius 1 is 1.18 bits per heavy atom. The SMILES string of the molecule is O=C1NCCC([C@]2(c3ccc(Br)cc3F)CCCNC2)N1C1CCC(O)CC1. The molecule has 1 aliphatic carbocycles. The maximum Gasteiger partial charge on any atom is 0.317 e. The number of halogens is 2. The zero-order chi connectivity index (χ0) is 19.7. The van der Waals surface area contributed by atoms with Gasteiger partial charge in [-0.25, -0.2) is 9.18 Å². The van der Waals surface area contributed by atoms with Crippen LogP contribution < -0.4 is 10.6 Å². The molecule has 3 fully saturated rings. The molecule has 0 bridgehead atoms. The van der Waals surface area contributed by atoms with Crippen molar-refractivity contribution in [2.45, 2.75) is 68.5 Å². The van der Waals surface area contributed by atoms with Gasteiger partial charge >= 0.3 is 6.03 Å². The normalized spacial score (nSPS) is 34.2. The molecule has 2 aliphatic heterocycles. The standard InChI is InChI=1S/C21H29BrFN3O2/c22-14-2-7-17(18(23)12-14)21(9-1-10-24-13-21)19-8-11-25-20(28)26(19)15-3-5-16(27)6-4-15/h2,7,12,15-16,19,24,27H,1,3-6,8-11,13H2,(H,25,28)/t15?,16?,19?,21-/m1/s1. The summed E-state index contributed by atoms with van der Waals surface area (Å²) in [7, 11) is 0. The van der Waals surface area contributed by atoms with Crippen LogP contribution in [0.1, 0.15) is 50.5 Å². The molecule has 1 saturated carbocycles. The predicted octanol–water partition coefficient (Wildman–Crippen LogP) is 3.30. The van der Waals surface area contributed by atoms with E-state index in [-0.39, 0.29) is 30.0 Å². The lowest BCUT2D eigenvalue weighted by atomic mass is 9.66. The fraction of sp³-hybridized carbons (Fsp3) is 0.667. The summed E-state index contributed by atoms with van der Waals surface area (Å²) in [6, 6.07) is 5.34. The van der Waals surface area contributed by atoms with Gasteiger partial charge in [-0.3, -0.25) is 0 Å². The van der Waals surface area contributed by atoms with Crippen LogP contribution in [0.5, 0.6) is 0 Å². The Hall–Kier alpha value is -1.18. The number of benzene rings is 1. The summed E-state index contributed by atoms with van der Waals surface area (Å²) in [6.07, 6.45) is 5.42. The second-order valence-electron chi connectivity index (χ2n) is 8.47. The topological polar surface area (TPSA) is 64.6 Å². The molecule has 3 N–H and O–H groups in total. The molecular formula is C21H29BrFN3O2. The molecular weight excluding hydrogens is 425 g/mol. The van der Waals surface area contributed by atoms with Crippen LogP contribution in [0.2, 0.25) is 0 Å².